The monoisotopic (exact) mass is 304 g/mol. The van der Waals surface area contributed by atoms with E-state index in [2.05, 4.69) is 5.32 Å². The van der Waals surface area contributed by atoms with E-state index in [1.165, 1.54) is 0 Å². The third-order valence-corrected chi connectivity index (χ3v) is 3.58. The second-order valence-electron chi connectivity index (χ2n) is 6.74. The SMILES string of the molecule is CC1CC(NC(=O)OC(C)(C)C)C(=O)N1Cc1ccccc1. The standard InChI is InChI=1S/C17H24N2O3/c1-12-10-14(18-16(21)22-17(2,3)4)15(20)19(12)11-13-8-6-5-7-9-13/h5-9,12,14H,10-11H2,1-4H3,(H,18,21). The van der Waals surface area contributed by atoms with Crippen LogP contribution in [0.25, 0.3) is 0 Å². The van der Waals surface area contributed by atoms with Gasteiger partial charge in [0.25, 0.3) is 0 Å². The molecule has 1 fully saturated rings. The molecule has 0 bridgehead atoms. The lowest BCUT2D eigenvalue weighted by Crippen LogP contribution is -2.43. The molecular weight excluding hydrogens is 280 g/mol. The van der Waals surface area contributed by atoms with Gasteiger partial charge in [-0.2, -0.15) is 0 Å². The molecule has 0 saturated carbocycles. The molecular formula is C17H24N2O3. The van der Waals surface area contributed by atoms with E-state index >= 15 is 0 Å². The van der Waals surface area contributed by atoms with Crippen molar-refractivity contribution in [1.82, 2.24) is 10.2 Å². The van der Waals surface area contributed by atoms with Gasteiger partial charge in [0.05, 0.1) is 0 Å². The Bertz CT molecular complexity index is 537. The van der Waals surface area contributed by atoms with Crippen molar-refractivity contribution in [3.05, 3.63) is 35.9 Å². The van der Waals surface area contributed by atoms with Crippen LogP contribution in [0.1, 0.15) is 39.7 Å². The average molecular weight is 304 g/mol. The van der Waals surface area contributed by atoms with Crippen molar-refractivity contribution in [2.75, 3.05) is 0 Å². The molecule has 1 heterocycles. The van der Waals surface area contributed by atoms with Crippen molar-refractivity contribution in [2.24, 2.45) is 0 Å². The van der Waals surface area contributed by atoms with Gasteiger partial charge in [0.15, 0.2) is 0 Å². The first kappa shape index (κ1) is 16.3. The minimum absolute atomic E-state index is 0.0535. The van der Waals surface area contributed by atoms with E-state index < -0.39 is 17.7 Å². The number of amides is 2. The molecule has 120 valence electrons. The molecule has 2 atom stereocenters. The highest BCUT2D eigenvalue weighted by atomic mass is 16.6. The number of benzene rings is 1. The molecule has 1 aliphatic heterocycles. The average Bonchev–Trinajstić information content (AvgIpc) is 2.65. The Balaban J connectivity index is 1.97. The molecule has 1 aromatic carbocycles. The topological polar surface area (TPSA) is 58.6 Å². The summed E-state index contributed by atoms with van der Waals surface area (Å²) >= 11 is 0. The maximum atomic E-state index is 12.5. The number of carbonyl (C=O) groups excluding carboxylic acids is 2. The van der Waals surface area contributed by atoms with E-state index in [9.17, 15) is 9.59 Å². The van der Waals surface area contributed by atoms with Crippen molar-refractivity contribution in [3.8, 4) is 0 Å². The summed E-state index contributed by atoms with van der Waals surface area (Å²) in [6.45, 7) is 7.96. The summed E-state index contributed by atoms with van der Waals surface area (Å²) in [4.78, 5) is 26.1. The number of ether oxygens (including phenoxy) is 1. The summed E-state index contributed by atoms with van der Waals surface area (Å²) in [7, 11) is 0. The number of alkyl carbamates (subject to hydrolysis) is 1. The lowest BCUT2D eigenvalue weighted by Gasteiger charge is -2.22. The van der Waals surface area contributed by atoms with Crippen LogP contribution in [0, 0.1) is 0 Å². The second kappa shape index (κ2) is 6.38. The first-order valence-corrected chi connectivity index (χ1v) is 7.60. The Morgan fingerprint density at radius 2 is 1.95 bits per heavy atom. The fraction of sp³-hybridized carbons (Fsp3) is 0.529. The predicted octanol–water partition coefficient (Wildman–Crippen LogP) is 2.70. The van der Waals surface area contributed by atoms with Gasteiger partial charge >= 0.3 is 6.09 Å². The zero-order chi connectivity index (χ0) is 16.3. The summed E-state index contributed by atoms with van der Waals surface area (Å²) in [5.74, 6) is -0.0535. The van der Waals surface area contributed by atoms with E-state index in [-0.39, 0.29) is 11.9 Å². The van der Waals surface area contributed by atoms with E-state index in [1.807, 2.05) is 37.3 Å². The van der Waals surface area contributed by atoms with Crippen LogP contribution < -0.4 is 5.32 Å². The molecule has 2 rings (SSSR count). The molecule has 1 N–H and O–H groups in total. The molecule has 22 heavy (non-hydrogen) atoms. The van der Waals surface area contributed by atoms with Crippen molar-refractivity contribution >= 4 is 12.0 Å². The van der Waals surface area contributed by atoms with Gasteiger partial charge in [-0.05, 0) is 39.7 Å². The Morgan fingerprint density at radius 3 is 2.55 bits per heavy atom. The van der Waals surface area contributed by atoms with Gasteiger partial charge in [0.2, 0.25) is 5.91 Å². The lowest BCUT2D eigenvalue weighted by molar-refractivity contribution is -0.131. The number of nitrogens with zero attached hydrogens (tertiary/aromatic N) is 1. The van der Waals surface area contributed by atoms with Crippen LogP contribution in [0.4, 0.5) is 4.79 Å². The van der Waals surface area contributed by atoms with Crippen molar-refractivity contribution in [2.45, 2.75) is 58.3 Å². The molecule has 2 amide bonds. The fourth-order valence-electron chi connectivity index (χ4n) is 2.57. The number of nitrogens with one attached hydrogen (secondary N) is 1. The highest BCUT2D eigenvalue weighted by molar-refractivity contribution is 5.88. The minimum atomic E-state index is -0.568. The molecule has 1 aromatic rings. The highest BCUT2D eigenvalue weighted by Gasteiger charge is 2.38. The van der Waals surface area contributed by atoms with Crippen LogP contribution in [0.2, 0.25) is 0 Å². The summed E-state index contributed by atoms with van der Waals surface area (Å²) in [6, 6.07) is 9.43. The summed E-state index contributed by atoms with van der Waals surface area (Å²) in [6.07, 6.45) is 0.0601. The van der Waals surface area contributed by atoms with Crippen molar-refractivity contribution < 1.29 is 14.3 Å². The zero-order valence-electron chi connectivity index (χ0n) is 13.6. The molecule has 1 aliphatic rings. The van der Waals surface area contributed by atoms with E-state index in [1.54, 1.807) is 25.7 Å². The molecule has 5 heteroatoms. The van der Waals surface area contributed by atoms with Gasteiger partial charge in [0, 0.05) is 12.6 Å². The highest BCUT2D eigenvalue weighted by Crippen LogP contribution is 2.22. The molecule has 0 spiro atoms. The quantitative estimate of drug-likeness (QED) is 0.934. The number of likely N-dealkylation sites (tertiary alicyclic amines) is 1. The maximum Gasteiger partial charge on any atom is 0.408 e. The molecule has 0 aromatic heterocycles. The maximum absolute atomic E-state index is 12.5. The molecule has 0 aliphatic carbocycles. The Kier molecular flexibility index (Phi) is 4.74. The smallest absolute Gasteiger partial charge is 0.408 e. The van der Waals surface area contributed by atoms with Crippen LogP contribution in [0.15, 0.2) is 30.3 Å². The zero-order valence-corrected chi connectivity index (χ0v) is 13.6. The lowest BCUT2D eigenvalue weighted by atomic mass is 10.2. The summed E-state index contributed by atoms with van der Waals surface area (Å²) in [5.41, 5.74) is 0.516. The second-order valence-corrected chi connectivity index (χ2v) is 6.74. The number of carbonyl (C=O) groups is 2. The summed E-state index contributed by atoms with van der Waals surface area (Å²) in [5, 5.41) is 2.68. The van der Waals surface area contributed by atoms with Gasteiger partial charge in [-0.1, -0.05) is 30.3 Å². The Morgan fingerprint density at radius 1 is 1.32 bits per heavy atom. The normalized spacial score (nSPS) is 21.8. The number of hydrogen-bond acceptors (Lipinski definition) is 3. The van der Waals surface area contributed by atoms with Gasteiger partial charge in [-0.15, -0.1) is 0 Å². The predicted molar refractivity (Wildman–Crippen MR) is 84.2 cm³/mol. The van der Waals surface area contributed by atoms with Crippen LogP contribution >= 0.6 is 0 Å². The van der Waals surface area contributed by atoms with Gasteiger partial charge in [0.1, 0.15) is 11.6 Å². The van der Waals surface area contributed by atoms with Gasteiger partial charge < -0.3 is 15.0 Å². The Labute approximate surface area is 131 Å². The Hall–Kier alpha value is -2.04. The van der Waals surface area contributed by atoms with Gasteiger partial charge in [-0.25, -0.2) is 4.79 Å². The minimum Gasteiger partial charge on any atom is -0.444 e. The van der Waals surface area contributed by atoms with Crippen LogP contribution in [-0.2, 0) is 16.1 Å². The fourth-order valence-corrected chi connectivity index (χ4v) is 2.57. The number of hydrogen-bond donors (Lipinski definition) is 1. The third-order valence-electron chi connectivity index (χ3n) is 3.58. The first-order chi connectivity index (χ1) is 10.3. The van der Waals surface area contributed by atoms with Crippen molar-refractivity contribution in [1.29, 1.82) is 0 Å². The van der Waals surface area contributed by atoms with Crippen LogP contribution in [-0.4, -0.2) is 34.6 Å². The van der Waals surface area contributed by atoms with Crippen molar-refractivity contribution in [3.63, 3.8) is 0 Å². The molecule has 1 saturated heterocycles. The van der Waals surface area contributed by atoms with Crippen LogP contribution in [0.5, 0.6) is 0 Å². The first-order valence-electron chi connectivity index (χ1n) is 7.60. The largest absolute Gasteiger partial charge is 0.444 e. The third kappa shape index (κ3) is 4.23. The number of rotatable bonds is 3. The molecule has 5 nitrogen and oxygen atoms in total. The molecule has 2 unspecified atom stereocenters. The van der Waals surface area contributed by atoms with E-state index in [4.69, 9.17) is 4.74 Å². The van der Waals surface area contributed by atoms with Gasteiger partial charge in [-0.3, -0.25) is 4.79 Å². The van der Waals surface area contributed by atoms with E-state index in [0.717, 1.165) is 5.56 Å². The van der Waals surface area contributed by atoms with E-state index in [0.29, 0.717) is 13.0 Å². The van der Waals surface area contributed by atoms with Crippen LogP contribution in [0.3, 0.4) is 0 Å². The molecule has 0 radical (unpaired) electrons. The summed E-state index contributed by atoms with van der Waals surface area (Å²) < 4.78 is 5.22.